The molecule has 0 fully saturated rings. The van der Waals surface area contributed by atoms with Crippen molar-refractivity contribution < 1.29 is 14.6 Å². The summed E-state index contributed by atoms with van der Waals surface area (Å²) in [6.45, 7) is 2.03. The van der Waals surface area contributed by atoms with Gasteiger partial charge in [-0.15, -0.1) is 11.3 Å². The number of para-hydroxylation sites is 1. The van der Waals surface area contributed by atoms with E-state index in [2.05, 4.69) is 15.6 Å². The summed E-state index contributed by atoms with van der Waals surface area (Å²) < 4.78 is 6.24. The maximum absolute atomic E-state index is 12.1. The van der Waals surface area contributed by atoms with Crippen LogP contribution < -0.4 is 15.4 Å². The van der Waals surface area contributed by atoms with Gasteiger partial charge in [0.15, 0.2) is 0 Å². The number of nitrogens with zero attached hydrogens (tertiary/aromatic N) is 1. The number of benzene rings is 2. The molecular formula is C18H19N3O3S. The van der Waals surface area contributed by atoms with Gasteiger partial charge in [-0.25, -0.2) is 9.78 Å². The molecule has 1 heterocycles. The fourth-order valence-electron chi connectivity index (χ4n) is 2.53. The van der Waals surface area contributed by atoms with E-state index < -0.39 is 6.10 Å². The van der Waals surface area contributed by atoms with E-state index in [4.69, 9.17) is 4.74 Å². The second kappa shape index (κ2) is 7.50. The lowest BCUT2D eigenvalue weighted by Gasteiger charge is -2.15. The number of hydrogen-bond donors (Lipinski definition) is 3. The van der Waals surface area contributed by atoms with Gasteiger partial charge in [-0.1, -0.05) is 18.2 Å². The lowest BCUT2D eigenvalue weighted by atomic mass is 10.1. The molecule has 0 bridgehead atoms. The third-order valence-electron chi connectivity index (χ3n) is 3.71. The van der Waals surface area contributed by atoms with Gasteiger partial charge in [0, 0.05) is 17.8 Å². The third kappa shape index (κ3) is 4.07. The molecule has 1 unspecified atom stereocenters. The molecule has 0 aliphatic heterocycles. The van der Waals surface area contributed by atoms with Crippen molar-refractivity contribution in [2.45, 2.75) is 13.0 Å². The Labute approximate surface area is 149 Å². The molecule has 0 saturated carbocycles. The molecule has 3 aromatic rings. The van der Waals surface area contributed by atoms with Crippen molar-refractivity contribution >= 4 is 33.3 Å². The summed E-state index contributed by atoms with van der Waals surface area (Å²) >= 11 is 1.58. The van der Waals surface area contributed by atoms with Crippen molar-refractivity contribution in [1.82, 2.24) is 10.3 Å². The van der Waals surface area contributed by atoms with Gasteiger partial charge in [0.1, 0.15) is 5.75 Å². The highest BCUT2D eigenvalue weighted by molar-refractivity contribution is 7.18. The number of carbonyl (C=O) groups excluding carboxylic acids is 1. The molecule has 7 heteroatoms. The molecular weight excluding hydrogens is 338 g/mol. The minimum atomic E-state index is -0.853. The Morgan fingerprint density at radius 2 is 2.12 bits per heavy atom. The summed E-state index contributed by atoms with van der Waals surface area (Å²) in [5.74, 6) is 0.586. The van der Waals surface area contributed by atoms with Crippen molar-refractivity contribution in [3.63, 3.8) is 0 Å². The molecule has 0 aliphatic rings. The molecule has 6 nitrogen and oxygen atoms in total. The number of urea groups is 1. The van der Waals surface area contributed by atoms with Crippen LogP contribution in [0.2, 0.25) is 0 Å². The van der Waals surface area contributed by atoms with Crippen molar-refractivity contribution in [2.24, 2.45) is 0 Å². The normalized spacial score (nSPS) is 12.0. The second-order valence-electron chi connectivity index (χ2n) is 5.51. The van der Waals surface area contributed by atoms with Crippen LogP contribution in [0.4, 0.5) is 10.5 Å². The van der Waals surface area contributed by atoms with E-state index >= 15 is 0 Å². The number of rotatable bonds is 5. The Bertz CT molecular complexity index is 894. The van der Waals surface area contributed by atoms with E-state index in [9.17, 15) is 9.90 Å². The number of hydrogen-bond acceptors (Lipinski definition) is 5. The summed E-state index contributed by atoms with van der Waals surface area (Å²) in [4.78, 5) is 16.5. The zero-order valence-corrected chi connectivity index (χ0v) is 14.8. The SMILES string of the molecule is COc1ccccc1C(O)CNC(=O)Nc1ccc2nc(C)sc2c1. The van der Waals surface area contributed by atoms with Crippen LogP contribution in [-0.2, 0) is 0 Å². The average Bonchev–Trinajstić information content (AvgIpc) is 2.99. The highest BCUT2D eigenvalue weighted by Crippen LogP contribution is 2.25. The first kappa shape index (κ1) is 17.2. The molecule has 0 saturated heterocycles. The number of methoxy groups -OCH3 is 1. The molecule has 0 spiro atoms. The molecule has 3 N–H and O–H groups in total. The first-order chi connectivity index (χ1) is 12.1. The maximum atomic E-state index is 12.1. The quantitative estimate of drug-likeness (QED) is 0.653. The minimum absolute atomic E-state index is 0.0775. The lowest BCUT2D eigenvalue weighted by Crippen LogP contribution is -2.32. The van der Waals surface area contributed by atoms with Crippen molar-refractivity contribution in [3.05, 3.63) is 53.0 Å². The number of aliphatic hydroxyl groups is 1. The Morgan fingerprint density at radius 1 is 1.32 bits per heavy atom. The molecule has 3 rings (SSSR count). The Morgan fingerprint density at radius 3 is 2.92 bits per heavy atom. The van der Waals surface area contributed by atoms with Gasteiger partial charge in [-0.2, -0.15) is 0 Å². The van der Waals surface area contributed by atoms with Gasteiger partial charge < -0.3 is 20.5 Å². The number of aryl methyl sites for hydroxylation is 1. The van der Waals surface area contributed by atoms with Crippen LogP contribution in [0.1, 0.15) is 16.7 Å². The summed E-state index contributed by atoms with van der Waals surface area (Å²) in [5, 5.41) is 16.7. The van der Waals surface area contributed by atoms with Crippen LogP contribution in [0, 0.1) is 6.92 Å². The van der Waals surface area contributed by atoms with Gasteiger partial charge >= 0.3 is 6.03 Å². The topological polar surface area (TPSA) is 83.5 Å². The predicted molar refractivity (Wildman–Crippen MR) is 99.3 cm³/mol. The van der Waals surface area contributed by atoms with Crippen molar-refractivity contribution in [2.75, 3.05) is 19.0 Å². The lowest BCUT2D eigenvalue weighted by molar-refractivity contribution is 0.171. The summed E-state index contributed by atoms with van der Waals surface area (Å²) in [6.07, 6.45) is -0.853. The van der Waals surface area contributed by atoms with Gasteiger partial charge in [-0.3, -0.25) is 0 Å². The fraction of sp³-hybridized carbons (Fsp3) is 0.222. The van der Waals surface area contributed by atoms with E-state index in [1.54, 1.807) is 36.6 Å². The monoisotopic (exact) mass is 357 g/mol. The number of fused-ring (bicyclic) bond motifs is 1. The smallest absolute Gasteiger partial charge is 0.319 e. The standard InChI is InChI=1S/C18H19N3O3S/c1-11-20-14-8-7-12(9-17(14)25-11)21-18(23)19-10-15(22)13-5-3-4-6-16(13)24-2/h3-9,15,22H,10H2,1-2H3,(H2,19,21,23). The largest absolute Gasteiger partial charge is 0.496 e. The molecule has 0 aliphatic carbocycles. The molecule has 1 atom stereocenters. The molecule has 1 aromatic heterocycles. The summed E-state index contributed by atoms with van der Waals surface area (Å²) in [7, 11) is 1.54. The highest BCUT2D eigenvalue weighted by Gasteiger charge is 2.14. The van der Waals surface area contributed by atoms with Gasteiger partial charge in [0.25, 0.3) is 0 Å². The van der Waals surface area contributed by atoms with Crippen molar-refractivity contribution in [3.8, 4) is 5.75 Å². The number of aromatic nitrogens is 1. The third-order valence-corrected chi connectivity index (χ3v) is 4.64. The van der Waals surface area contributed by atoms with E-state index in [-0.39, 0.29) is 12.6 Å². The number of ether oxygens (including phenoxy) is 1. The second-order valence-corrected chi connectivity index (χ2v) is 6.74. The molecule has 2 amide bonds. The van der Waals surface area contributed by atoms with Gasteiger partial charge in [-0.05, 0) is 31.2 Å². The van der Waals surface area contributed by atoms with Gasteiger partial charge in [0.05, 0.1) is 28.4 Å². The van der Waals surface area contributed by atoms with Crippen LogP contribution in [0.25, 0.3) is 10.2 Å². The zero-order valence-electron chi connectivity index (χ0n) is 13.9. The first-order valence-electron chi connectivity index (χ1n) is 7.80. The molecule has 25 heavy (non-hydrogen) atoms. The molecule has 0 radical (unpaired) electrons. The van der Waals surface area contributed by atoms with Crippen molar-refractivity contribution in [1.29, 1.82) is 0 Å². The van der Waals surface area contributed by atoms with Gasteiger partial charge in [0.2, 0.25) is 0 Å². The number of anilines is 1. The summed E-state index contributed by atoms with van der Waals surface area (Å²) in [5.41, 5.74) is 2.23. The number of aliphatic hydroxyl groups excluding tert-OH is 1. The Kier molecular flexibility index (Phi) is 5.16. The fourth-order valence-corrected chi connectivity index (χ4v) is 3.40. The minimum Gasteiger partial charge on any atom is -0.496 e. The number of amides is 2. The van der Waals surface area contributed by atoms with E-state index in [0.29, 0.717) is 17.0 Å². The van der Waals surface area contributed by atoms with Crippen LogP contribution in [0.15, 0.2) is 42.5 Å². The first-order valence-corrected chi connectivity index (χ1v) is 8.61. The molecule has 2 aromatic carbocycles. The number of carbonyl (C=O) groups is 1. The van der Waals surface area contributed by atoms with Crippen LogP contribution >= 0.6 is 11.3 Å². The summed E-state index contributed by atoms with van der Waals surface area (Å²) in [6, 6.07) is 12.4. The number of nitrogens with one attached hydrogen (secondary N) is 2. The Hall–Kier alpha value is -2.64. The Balaban J connectivity index is 1.60. The van der Waals surface area contributed by atoms with E-state index in [1.165, 1.54) is 0 Å². The van der Waals surface area contributed by atoms with Crippen LogP contribution in [0.3, 0.4) is 0 Å². The van der Waals surface area contributed by atoms with E-state index in [1.807, 2.05) is 31.2 Å². The van der Waals surface area contributed by atoms with Crippen LogP contribution in [0.5, 0.6) is 5.75 Å². The van der Waals surface area contributed by atoms with E-state index in [0.717, 1.165) is 15.2 Å². The molecule has 130 valence electrons. The zero-order chi connectivity index (χ0) is 17.8. The maximum Gasteiger partial charge on any atom is 0.319 e. The predicted octanol–water partition coefficient (Wildman–Crippen LogP) is 3.47. The highest BCUT2D eigenvalue weighted by atomic mass is 32.1. The average molecular weight is 357 g/mol. The van der Waals surface area contributed by atoms with Crippen LogP contribution in [-0.4, -0.2) is 29.8 Å². The number of thiazole rings is 1.